The summed E-state index contributed by atoms with van der Waals surface area (Å²) in [7, 11) is 0. The Balaban J connectivity index is 1.33. The first kappa shape index (κ1) is 26.9. The van der Waals surface area contributed by atoms with E-state index < -0.39 is 12.1 Å². The minimum atomic E-state index is -0.915. The third-order valence-corrected chi connectivity index (χ3v) is 7.43. The van der Waals surface area contributed by atoms with Gasteiger partial charge in [0.2, 0.25) is 5.91 Å². The first-order valence-electron chi connectivity index (χ1n) is 13.8. The van der Waals surface area contributed by atoms with E-state index in [9.17, 15) is 14.4 Å². The van der Waals surface area contributed by atoms with Crippen LogP contribution < -0.4 is 15.4 Å². The molecule has 3 aromatic carbocycles. The molecule has 4 aromatic rings. The van der Waals surface area contributed by atoms with Crippen LogP contribution in [0, 0.1) is 0 Å². The van der Waals surface area contributed by atoms with Gasteiger partial charge in [0.1, 0.15) is 23.3 Å². The molecule has 0 spiro atoms. The number of nitrogens with one attached hydrogen (secondary N) is 2. The number of rotatable bonds is 9. The number of carbonyl (C=O) groups is 3. The van der Waals surface area contributed by atoms with Gasteiger partial charge in [-0.15, -0.1) is 0 Å². The van der Waals surface area contributed by atoms with Crippen LogP contribution >= 0.6 is 0 Å². The summed E-state index contributed by atoms with van der Waals surface area (Å²) in [6.45, 7) is 2.52. The van der Waals surface area contributed by atoms with Crippen molar-refractivity contribution in [3.63, 3.8) is 0 Å². The van der Waals surface area contributed by atoms with Gasteiger partial charge in [-0.3, -0.25) is 14.5 Å². The van der Waals surface area contributed by atoms with Crippen molar-refractivity contribution >= 4 is 17.8 Å². The number of hydrogen-bond acceptors (Lipinski definition) is 5. The van der Waals surface area contributed by atoms with Crippen molar-refractivity contribution in [2.24, 2.45) is 0 Å². The van der Waals surface area contributed by atoms with E-state index in [0.29, 0.717) is 46.2 Å². The SMILES string of the molecule is CCN1C(=O)N[C@@H](c2cccc(Oc3ccccc3)c2)C2=C1CN([C@@H](C(=O)NCc1ccco1)c1ccccc1)C2=O. The summed E-state index contributed by atoms with van der Waals surface area (Å²) in [5.41, 5.74) is 2.40. The van der Waals surface area contributed by atoms with Gasteiger partial charge in [0.05, 0.1) is 36.7 Å². The molecule has 212 valence electrons. The molecule has 0 fully saturated rings. The summed E-state index contributed by atoms with van der Waals surface area (Å²) < 4.78 is 11.4. The fourth-order valence-corrected chi connectivity index (χ4v) is 5.48. The summed E-state index contributed by atoms with van der Waals surface area (Å²) >= 11 is 0. The zero-order chi connectivity index (χ0) is 29.1. The Morgan fingerprint density at radius 2 is 1.71 bits per heavy atom. The number of ether oxygens (including phenoxy) is 1. The summed E-state index contributed by atoms with van der Waals surface area (Å²) in [6.07, 6.45) is 1.54. The molecule has 9 heteroatoms. The van der Waals surface area contributed by atoms with Gasteiger partial charge in [-0.2, -0.15) is 0 Å². The van der Waals surface area contributed by atoms with E-state index in [0.717, 1.165) is 0 Å². The number of urea groups is 1. The highest BCUT2D eigenvalue weighted by Gasteiger charge is 2.47. The number of furan rings is 1. The second-order valence-corrected chi connectivity index (χ2v) is 10.0. The lowest BCUT2D eigenvalue weighted by atomic mass is 9.95. The van der Waals surface area contributed by atoms with Crippen LogP contribution in [0.3, 0.4) is 0 Å². The monoisotopic (exact) mass is 562 g/mol. The predicted octanol–water partition coefficient (Wildman–Crippen LogP) is 5.31. The van der Waals surface area contributed by atoms with E-state index >= 15 is 0 Å². The van der Waals surface area contributed by atoms with Crippen LogP contribution in [-0.2, 0) is 16.1 Å². The van der Waals surface area contributed by atoms with Gasteiger partial charge in [-0.25, -0.2) is 4.79 Å². The molecule has 1 aromatic heterocycles. The molecule has 2 atom stereocenters. The number of amides is 4. The Morgan fingerprint density at radius 3 is 2.43 bits per heavy atom. The molecule has 6 rings (SSSR count). The van der Waals surface area contributed by atoms with Crippen LogP contribution in [0.1, 0.15) is 35.9 Å². The molecule has 2 aliphatic rings. The van der Waals surface area contributed by atoms with Crippen LogP contribution in [-0.4, -0.2) is 40.7 Å². The third kappa shape index (κ3) is 5.24. The quantitative estimate of drug-likeness (QED) is 0.288. The number of hydrogen-bond donors (Lipinski definition) is 2. The topological polar surface area (TPSA) is 104 Å². The molecule has 0 saturated heterocycles. The number of para-hydroxylation sites is 1. The van der Waals surface area contributed by atoms with Crippen molar-refractivity contribution in [1.29, 1.82) is 0 Å². The zero-order valence-electron chi connectivity index (χ0n) is 23.0. The Kier molecular flexibility index (Phi) is 7.47. The zero-order valence-corrected chi connectivity index (χ0v) is 23.0. The van der Waals surface area contributed by atoms with Crippen LogP contribution in [0.25, 0.3) is 0 Å². The summed E-state index contributed by atoms with van der Waals surface area (Å²) in [5.74, 6) is 1.20. The smallest absolute Gasteiger partial charge is 0.322 e. The Hall–Kier alpha value is -5.31. The van der Waals surface area contributed by atoms with Crippen molar-refractivity contribution in [2.45, 2.75) is 25.6 Å². The molecule has 0 saturated carbocycles. The van der Waals surface area contributed by atoms with E-state index in [-0.39, 0.29) is 30.9 Å². The minimum absolute atomic E-state index is 0.111. The Labute approximate surface area is 243 Å². The maximum Gasteiger partial charge on any atom is 0.322 e. The van der Waals surface area contributed by atoms with Gasteiger partial charge in [0.15, 0.2) is 0 Å². The van der Waals surface area contributed by atoms with E-state index in [4.69, 9.17) is 9.15 Å². The van der Waals surface area contributed by atoms with Gasteiger partial charge in [0, 0.05) is 6.54 Å². The summed E-state index contributed by atoms with van der Waals surface area (Å²) in [6, 6.07) is 27.5. The normalized spacial score (nSPS) is 17.1. The van der Waals surface area contributed by atoms with Crippen LogP contribution in [0.2, 0.25) is 0 Å². The lowest BCUT2D eigenvalue weighted by Crippen LogP contribution is -2.47. The van der Waals surface area contributed by atoms with Crippen molar-refractivity contribution < 1.29 is 23.5 Å². The molecular formula is C33H30N4O5. The van der Waals surface area contributed by atoms with Crippen molar-refractivity contribution in [3.05, 3.63) is 131 Å². The van der Waals surface area contributed by atoms with Crippen LogP contribution in [0.15, 0.2) is 119 Å². The number of likely N-dealkylation sites (N-methyl/N-ethyl adjacent to an activating group) is 1. The molecule has 2 aliphatic heterocycles. The van der Waals surface area contributed by atoms with Crippen molar-refractivity contribution in [1.82, 2.24) is 20.4 Å². The first-order valence-corrected chi connectivity index (χ1v) is 13.8. The standard InChI is InChI=1S/C33H30N4O5/c1-2-36-27-21-37(30(22-11-5-3-6-12-22)31(38)34-20-26-17-10-18-41-26)32(39)28(27)29(35-33(36)40)23-13-9-16-25(19-23)42-24-14-7-4-8-15-24/h3-19,29-30H,2,20-21H2,1H3,(H,34,38)(H,35,40)/t29-,30+/m0/s1. The van der Waals surface area contributed by atoms with Crippen molar-refractivity contribution in [2.75, 3.05) is 13.1 Å². The molecule has 2 N–H and O–H groups in total. The van der Waals surface area contributed by atoms with E-state index in [2.05, 4.69) is 10.6 Å². The van der Waals surface area contributed by atoms with Gasteiger partial charge in [-0.1, -0.05) is 60.7 Å². The lowest BCUT2D eigenvalue weighted by molar-refractivity contribution is -0.136. The van der Waals surface area contributed by atoms with Crippen LogP contribution in [0.5, 0.6) is 11.5 Å². The van der Waals surface area contributed by atoms with E-state index in [1.165, 1.54) is 4.90 Å². The second-order valence-electron chi connectivity index (χ2n) is 10.0. The summed E-state index contributed by atoms with van der Waals surface area (Å²) in [5, 5.41) is 5.92. The van der Waals surface area contributed by atoms with Gasteiger partial charge in [0.25, 0.3) is 5.91 Å². The van der Waals surface area contributed by atoms with E-state index in [1.54, 1.807) is 23.3 Å². The maximum absolute atomic E-state index is 14.3. The highest BCUT2D eigenvalue weighted by molar-refractivity contribution is 6.03. The maximum atomic E-state index is 14.3. The average Bonchev–Trinajstić information content (AvgIpc) is 3.65. The fraction of sp³-hybridized carbons (Fsp3) is 0.182. The minimum Gasteiger partial charge on any atom is -0.467 e. The highest BCUT2D eigenvalue weighted by Crippen LogP contribution is 2.40. The molecule has 0 bridgehead atoms. The van der Waals surface area contributed by atoms with Crippen molar-refractivity contribution in [3.8, 4) is 11.5 Å². The molecule has 4 amide bonds. The van der Waals surface area contributed by atoms with Gasteiger partial charge >= 0.3 is 6.03 Å². The molecule has 0 aliphatic carbocycles. The van der Waals surface area contributed by atoms with Crippen LogP contribution in [0.4, 0.5) is 4.79 Å². The Morgan fingerprint density at radius 1 is 0.976 bits per heavy atom. The lowest BCUT2D eigenvalue weighted by Gasteiger charge is -2.33. The molecule has 9 nitrogen and oxygen atoms in total. The molecule has 3 heterocycles. The second kappa shape index (κ2) is 11.7. The molecule has 0 radical (unpaired) electrons. The number of nitrogens with zero attached hydrogens (tertiary/aromatic N) is 2. The summed E-state index contributed by atoms with van der Waals surface area (Å²) in [4.78, 5) is 44.3. The molecular weight excluding hydrogens is 532 g/mol. The molecule has 0 unspecified atom stereocenters. The predicted molar refractivity (Wildman–Crippen MR) is 155 cm³/mol. The highest BCUT2D eigenvalue weighted by atomic mass is 16.5. The number of carbonyl (C=O) groups excluding carboxylic acids is 3. The van der Waals surface area contributed by atoms with Gasteiger partial charge < -0.3 is 24.7 Å². The van der Waals surface area contributed by atoms with Gasteiger partial charge in [-0.05, 0) is 54.4 Å². The third-order valence-electron chi connectivity index (χ3n) is 7.43. The Bertz CT molecular complexity index is 1620. The first-order chi connectivity index (χ1) is 20.5. The number of benzene rings is 3. The fourth-order valence-electron chi connectivity index (χ4n) is 5.48. The average molecular weight is 563 g/mol. The molecule has 42 heavy (non-hydrogen) atoms. The largest absolute Gasteiger partial charge is 0.467 e. The van der Waals surface area contributed by atoms with E-state index in [1.807, 2.05) is 91.9 Å².